The summed E-state index contributed by atoms with van der Waals surface area (Å²) in [4.78, 5) is 0. The summed E-state index contributed by atoms with van der Waals surface area (Å²) in [5.74, 6) is 1.39. The maximum Gasteiger partial charge on any atom is 0.161 e. The predicted molar refractivity (Wildman–Crippen MR) is 112 cm³/mol. The van der Waals surface area contributed by atoms with Gasteiger partial charge in [-0.25, -0.2) is 0 Å². The third-order valence-corrected chi connectivity index (χ3v) is 4.91. The van der Waals surface area contributed by atoms with Gasteiger partial charge in [-0.2, -0.15) is 0 Å². The molecular formula is C22H21Cl2NO2. The van der Waals surface area contributed by atoms with Gasteiger partial charge in [-0.05, 0) is 60.0 Å². The molecular weight excluding hydrogens is 381 g/mol. The largest absolute Gasteiger partial charge is 0.493 e. The molecule has 5 heteroatoms. The lowest BCUT2D eigenvalue weighted by Crippen LogP contribution is -2.03. The number of anilines is 1. The Bertz CT molecular complexity index is 928. The van der Waals surface area contributed by atoms with Crippen molar-refractivity contribution < 1.29 is 9.47 Å². The molecule has 3 aromatic rings. The van der Waals surface area contributed by atoms with Crippen LogP contribution in [0.25, 0.3) is 0 Å². The molecule has 0 heterocycles. The molecule has 27 heavy (non-hydrogen) atoms. The van der Waals surface area contributed by atoms with Gasteiger partial charge in [-0.3, -0.25) is 0 Å². The standard InChI is InChI=1S/C22H21Cl2NO2/c1-15-19(24)7-4-8-20(15)25-13-16-9-10-21(22(12-16)26-2)27-14-17-5-3-6-18(23)11-17/h3-12,25H,13-14H2,1-2H3. The number of nitrogens with one attached hydrogen (secondary N) is 1. The van der Waals surface area contributed by atoms with Gasteiger partial charge < -0.3 is 14.8 Å². The van der Waals surface area contributed by atoms with Crippen LogP contribution in [0.1, 0.15) is 16.7 Å². The van der Waals surface area contributed by atoms with Gasteiger partial charge in [0, 0.05) is 22.3 Å². The highest BCUT2D eigenvalue weighted by molar-refractivity contribution is 6.31. The molecule has 0 bridgehead atoms. The van der Waals surface area contributed by atoms with E-state index < -0.39 is 0 Å². The van der Waals surface area contributed by atoms with Gasteiger partial charge in [-0.15, -0.1) is 0 Å². The molecule has 0 aromatic heterocycles. The quantitative estimate of drug-likeness (QED) is 0.489. The molecule has 1 N–H and O–H groups in total. The van der Waals surface area contributed by atoms with Gasteiger partial charge >= 0.3 is 0 Å². The molecule has 0 aliphatic carbocycles. The van der Waals surface area contributed by atoms with E-state index in [0.717, 1.165) is 27.4 Å². The first-order chi connectivity index (χ1) is 13.1. The Morgan fingerprint density at radius 2 is 1.70 bits per heavy atom. The van der Waals surface area contributed by atoms with Crippen LogP contribution in [0.4, 0.5) is 5.69 Å². The van der Waals surface area contributed by atoms with Crippen LogP contribution in [0.2, 0.25) is 10.0 Å². The van der Waals surface area contributed by atoms with Gasteiger partial charge in [0.25, 0.3) is 0 Å². The van der Waals surface area contributed by atoms with Crippen LogP contribution >= 0.6 is 23.2 Å². The maximum atomic E-state index is 6.17. The fourth-order valence-corrected chi connectivity index (χ4v) is 3.11. The molecule has 0 amide bonds. The minimum atomic E-state index is 0.427. The van der Waals surface area contributed by atoms with Crippen LogP contribution in [-0.4, -0.2) is 7.11 Å². The summed E-state index contributed by atoms with van der Waals surface area (Å²) in [6, 6.07) is 19.4. The van der Waals surface area contributed by atoms with E-state index in [9.17, 15) is 0 Å². The summed E-state index contributed by atoms with van der Waals surface area (Å²) in [5.41, 5.74) is 4.14. The molecule has 3 rings (SSSR count). The molecule has 0 saturated carbocycles. The van der Waals surface area contributed by atoms with Crippen molar-refractivity contribution >= 4 is 28.9 Å². The maximum absolute atomic E-state index is 6.17. The van der Waals surface area contributed by atoms with E-state index in [0.29, 0.717) is 29.7 Å². The molecule has 0 aliphatic heterocycles. The monoisotopic (exact) mass is 401 g/mol. The van der Waals surface area contributed by atoms with Crippen LogP contribution < -0.4 is 14.8 Å². The van der Waals surface area contributed by atoms with Crippen molar-refractivity contribution in [1.29, 1.82) is 0 Å². The van der Waals surface area contributed by atoms with E-state index in [1.165, 1.54) is 0 Å². The first kappa shape index (κ1) is 19.4. The zero-order valence-electron chi connectivity index (χ0n) is 15.3. The number of benzene rings is 3. The van der Waals surface area contributed by atoms with E-state index in [4.69, 9.17) is 32.7 Å². The normalized spacial score (nSPS) is 10.5. The minimum Gasteiger partial charge on any atom is -0.493 e. The van der Waals surface area contributed by atoms with Crippen molar-refractivity contribution in [2.75, 3.05) is 12.4 Å². The third kappa shape index (κ3) is 5.09. The van der Waals surface area contributed by atoms with Gasteiger partial charge in [0.05, 0.1) is 7.11 Å². The van der Waals surface area contributed by atoms with Crippen LogP contribution in [0.5, 0.6) is 11.5 Å². The fraction of sp³-hybridized carbons (Fsp3) is 0.182. The number of hydrogen-bond donors (Lipinski definition) is 1. The molecule has 0 radical (unpaired) electrons. The summed E-state index contributed by atoms with van der Waals surface area (Å²) >= 11 is 12.2. The highest BCUT2D eigenvalue weighted by Gasteiger charge is 2.08. The van der Waals surface area contributed by atoms with Gasteiger partial charge in [0.15, 0.2) is 11.5 Å². The Balaban J connectivity index is 1.67. The summed E-state index contributed by atoms with van der Waals surface area (Å²) in [6.07, 6.45) is 0. The first-order valence-electron chi connectivity index (χ1n) is 8.60. The summed E-state index contributed by atoms with van der Waals surface area (Å²) < 4.78 is 11.4. The zero-order chi connectivity index (χ0) is 19.2. The smallest absolute Gasteiger partial charge is 0.161 e. The number of hydrogen-bond acceptors (Lipinski definition) is 3. The topological polar surface area (TPSA) is 30.5 Å². The lowest BCUT2D eigenvalue weighted by molar-refractivity contribution is 0.284. The molecule has 0 aliphatic rings. The van der Waals surface area contributed by atoms with Crippen LogP contribution in [-0.2, 0) is 13.2 Å². The number of halogens is 2. The highest BCUT2D eigenvalue weighted by atomic mass is 35.5. The second-order valence-corrected chi connectivity index (χ2v) is 7.01. The summed E-state index contributed by atoms with van der Waals surface area (Å²) in [7, 11) is 1.64. The molecule has 3 nitrogen and oxygen atoms in total. The average Bonchev–Trinajstić information content (AvgIpc) is 2.68. The molecule has 140 valence electrons. The van der Waals surface area contributed by atoms with Gasteiger partial charge in [-0.1, -0.05) is 47.5 Å². The highest BCUT2D eigenvalue weighted by Crippen LogP contribution is 2.30. The molecule has 3 aromatic carbocycles. The Morgan fingerprint density at radius 3 is 2.48 bits per heavy atom. The lowest BCUT2D eigenvalue weighted by Gasteiger charge is -2.14. The van der Waals surface area contributed by atoms with Crippen LogP contribution in [0.3, 0.4) is 0 Å². The Kier molecular flexibility index (Phi) is 6.49. The van der Waals surface area contributed by atoms with E-state index in [1.807, 2.05) is 67.6 Å². The lowest BCUT2D eigenvalue weighted by atomic mass is 10.1. The number of methoxy groups -OCH3 is 1. The molecule has 0 fully saturated rings. The van der Waals surface area contributed by atoms with Gasteiger partial charge in [0.1, 0.15) is 6.61 Å². The van der Waals surface area contributed by atoms with Crippen molar-refractivity contribution in [2.45, 2.75) is 20.1 Å². The summed E-state index contributed by atoms with van der Waals surface area (Å²) in [5, 5.41) is 4.86. The Hall–Kier alpha value is -2.36. The first-order valence-corrected chi connectivity index (χ1v) is 9.35. The van der Waals surface area contributed by atoms with Crippen molar-refractivity contribution in [3.8, 4) is 11.5 Å². The van der Waals surface area contributed by atoms with Crippen molar-refractivity contribution in [3.63, 3.8) is 0 Å². The van der Waals surface area contributed by atoms with Gasteiger partial charge in [0.2, 0.25) is 0 Å². The second kappa shape index (κ2) is 9.03. The minimum absolute atomic E-state index is 0.427. The zero-order valence-corrected chi connectivity index (χ0v) is 16.8. The van der Waals surface area contributed by atoms with Crippen LogP contribution in [0, 0.1) is 6.92 Å². The molecule has 0 unspecified atom stereocenters. The predicted octanol–water partition coefficient (Wildman–Crippen LogP) is 6.50. The SMILES string of the molecule is COc1cc(CNc2cccc(Cl)c2C)ccc1OCc1cccc(Cl)c1. The van der Waals surface area contributed by atoms with E-state index >= 15 is 0 Å². The number of ether oxygens (including phenoxy) is 2. The third-order valence-electron chi connectivity index (χ3n) is 4.26. The molecule has 0 spiro atoms. The Morgan fingerprint density at radius 1 is 0.889 bits per heavy atom. The van der Waals surface area contributed by atoms with Crippen LogP contribution in [0.15, 0.2) is 60.7 Å². The second-order valence-electron chi connectivity index (χ2n) is 6.17. The Labute approximate surface area is 169 Å². The van der Waals surface area contributed by atoms with E-state index in [1.54, 1.807) is 7.11 Å². The average molecular weight is 402 g/mol. The summed E-state index contributed by atoms with van der Waals surface area (Å²) in [6.45, 7) is 3.08. The van der Waals surface area contributed by atoms with E-state index in [2.05, 4.69) is 5.32 Å². The van der Waals surface area contributed by atoms with E-state index in [-0.39, 0.29) is 0 Å². The van der Waals surface area contributed by atoms with Crippen molar-refractivity contribution in [2.24, 2.45) is 0 Å². The number of rotatable bonds is 7. The van der Waals surface area contributed by atoms with Crippen molar-refractivity contribution in [1.82, 2.24) is 0 Å². The molecule has 0 atom stereocenters. The molecule has 0 saturated heterocycles. The van der Waals surface area contributed by atoms with Crippen molar-refractivity contribution in [3.05, 3.63) is 87.4 Å². The fourth-order valence-electron chi connectivity index (χ4n) is 2.73.